The van der Waals surface area contributed by atoms with Crippen LogP contribution < -0.4 is 5.32 Å². The highest BCUT2D eigenvalue weighted by Crippen LogP contribution is 2.23. The minimum absolute atomic E-state index is 0.0557. The standard InChI is InChI=1S/C21H18N4OS/c1-15-23-19(13-27-15)17-8-6-16(7-9-17)12-21(26)24-18-4-2-3-5-20(18)25-11-10-22-14-25/h2-11,13-14H,12H2,1H3,(H,24,26). The van der Waals surface area contributed by atoms with E-state index in [-0.39, 0.29) is 5.91 Å². The van der Waals surface area contributed by atoms with Gasteiger partial charge in [0, 0.05) is 23.3 Å². The SMILES string of the molecule is Cc1nc(-c2ccc(CC(=O)Nc3ccccc3-n3ccnc3)cc2)cs1. The average Bonchev–Trinajstić information content (AvgIpc) is 3.35. The number of amides is 1. The molecule has 6 heteroatoms. The predicted molar refractivity (Wildman–Crippen MR) is 108 cm³/mol. The number of carbonyl (C=O) groups excluding carboxylic acids is 1. The van der Waals surface area contributed by atoms with Crippen molar-refractivity contribution in [2.45, 2.75) is 13.3 Å². The lowest BCUT2D eigenvalue weighted by Crippen LogP contribution is -2.15. The molecule has 27 heavy (non-hydrogen) atoms. The quantitative estimate of drug-likeness (QED) is 0.560. The van der Waals surface area contributed by atoms with E-state index in [0.29, 0.717) is 6.42 Å². The minimum Gasteiger partial charge on any atom is -0.324 e. The second kappa shape index (κ2) is 7.55. The first-order valence-corrected chi connectivity index (χ1v) is 9.46. The highest BCUT2D eigenvalue weighted by atomic mass is 32.1. The molecule has 0 atom stereocenters. The Labute approximate surface area is 161 Å². The first-order chi connectivity index (χ1) is 13.2. The van der Waals surface area contributed by atoms with Crippen molar-refractivity contribution in [3.8, 4) is 16.9 Å². The number of hydrogen-bond acceptors (Lipinski definition) is 4. The summed E-state index contributed by atoms with van der Waals surface area (Å²) in [6.45, 7) is 1.99. The summed E-state index contributed by atoms with van der Waals surface area (Å²) in [4.78, 5) is 21.1. The molecule has 0 saturated carbocycles. The van der Waals surface area contributed by atoms with Gasteiger partial charge in [-0.3, -0.25) is 4.79 Å². The molecule has 4 rings (SSSR count). The van der Waals surface area contributed by atoms with Crippen LogP contribution in [0.15, 0.2) is 72.6 Å². The van der Waals surface area contributed by atoms with Crippen molar-refractivity contribution in [1.29, 1.82) is 0 Å². The Balaban J connectivity index is 1.46. The lowest BCUT2D eigenvalue weighted by atomic mass is 10.1. The third kappa shape index (κ3) is 3.96. The van der Waals surface area contributed by atoms with Gasteiger partial charge in [-0.25, -0.2) is 9.97 Å². The highest BCUT2D eigenvalue weighted by Gasteiger charge is 2.09. The summed E-state index contributed by atoms with van der Waals surface area (Å²) in [6.07, 6.45) is 5.59. The van der Waals surface area contributed by atoms with Gasteiger partial charge in [0.15, 0.2) is 0 Å². The molecule has 2 heterocycles. The van der Waals surface area contributed by atoms with Gasteiger partial charge >= 0.3 is 0 Å². The number of carbonyl (C=O) groups is 1. The van der Waals surface area contributed by atoms with Crippen LogP contribution in [0.1, 0.15) is 10.6 Å². The minimum atomic E-state index is -0.0557. The van der Waals surface area contributed by atoms with E-state index in [1.54, 1.807) is 23.9 Å². The fraction of sp³-hybridized carbons (Fsp3) is 0.0952. The van der Waals surface area contributed by atoms with E-state index in [2.05, 4.69) is 15.3 Å². The molecule has 0 aliphatic carbocycles. The van der Waals surface area contributed by atoms with Crippen molar-refractivity contribution in [3.63, 3.8) is 0 Å². The monoisotopic (exact) mass is 374 g/mol. The van der Waals surface area contributed by atoms with Gasteiger partial charge in [0.05, 0.1) is 34.8 Å². The highest BCUT2D eigenvalue weighted by molar-refractivity contribution is 7.09. The first-order valence-electron chi connectivity index (χ1n) is 8.58. The summed E-state index contributed by atoms with van der Waals surface area (Å²) < 4.78 is 1.88. The number of anilines is 1. The smallest absolute Gasteiger partial charge is 0.228 e. The van der Waals surface area contributed by atoms with Crippen molar-refractivity contribution < 1.29 is 4.79 Å². The van der Waals surface area contributed by atoms with E-state index in [1.807, 2.05) is 71.6 Å². The number of rotatable bonds is 5. The summed E-state index contributed by atoms with van der Waals surface area (Å²) in [5.41, 5.74) is 4.65. The molecule has 134 valence electrons. The van der Waals surface area contributed by atoms with E-state index in [4.69, 9.17) is 0 Å². The number of aromatic nitrogens is 3. The molecule has 5 nitrogen and oxygen atoms in total. The van der Waals surface area contributed by atoms with Crippen molar-refractivity contribution in [3.05, 3.63) is 83.2 Å². The van der Waals surface area contributed by atoms with Crippen LogP contribution in [-0.2, 0) is 11.2 Å². The molecule has 2 aromatic carbocycles. The van der Waals surface area contributed by atoms with Crippen LogP contribution >= 0.6 is 11.3 Å². The van der Waals surface area contributed by atoms with E-state index >= 15 is 0 Å². The Morgan fingerprint density at radius 2 is 1.96 bits per heavy atom. The van der Waals surface area contributed by atoms with Crippen LogP contribution in [-0.4, -0.2) is 20.4 Å². The van der Waals surface area contributed by atoms with E-state index in [9.17, 15) is 4.79 Å². The lowest BCUT2D eigenvalue weighted by molar-refractivity contribution is -0.115. The summed E-state index contributed by atoms with van der Waals surface area (Å²) >= 11 is 1.63. The summed E-state index contributed by atoms with van der Waals surface area (Å²) in [5, 5.41) is 6.09. The second-order valence-electron chi connectivity index (χ2n) is 6.16. The van der Waals surface area contributed by atoms with Crippen molar-refractivity contribution in [2.75, 3.05) is 5.32 Å². The molecule has 0 saturated heterocycles. The molecule has 0 spiro atoms. The maximum absolute atomic E-state index is 12.5. The lowest BCUT2D eigenvalue weighted by Gasteiger charge is -2.11. The van der Waals surface area contributed by atoms with Gasteiger partial charge in [0.2, 0.25) is 5.91 Å². The van der Waals surface area contributed by atoms with Gasteiger partial charge in [0.25, 0.3) is 0 Å². The van der Waals surface area contributed by atoms with Crippen LogP contribution in [0.5, 0.6) is 0 Å². The average molecular weight is 374 g/mol. The summed E-state index contributed by atoms with van der Waals surface area (Å²) in [6, 6.07) is 15.7. The number of nitrogens with zero attached hydrogens (tertiary/aromatic N) is 3. The predicted octanol–water partition coefficient (Wildman–Crippen LogP) is 4.49. The third-order valence-electron chi connectivity index (χ3n) is 4.19. The normalized spacial score (nSPS) is 10.7. The molecule has 0 aliphatic rings. The topological polar surface area (TPSA) is 59.8 Å². The molecular weight excluding hydrogens is 356 g/mol. The number of imidazole rings is 1. The fourth-order valence-corrected chi connectivity index (χ4v) is 3.50. The molecule has 4 aromatic rings. The first kappa shape index (κ1) is 17.2. The molecule has 1 N–H and O–H groups in total. The zero-order valence-corrected chi connectivity index (χ0v) is 15.6. The van der Waals surface area contributed by atoms with Gasteiger partial charge in [-0.05, 0) is 24.6 Å². The number of nitrogens with one attached hydrogen (secondary N) is 1. The second-order valence-corrected chi connectivity index (χ2v) is 7.22. The molecule has 0 fully saturated rings. The molecular formula is C21H18N4OS. The Hall–Kier alpha value is -3.25. The Kier molecular flexibility index (Phi) is 4.80. The van der Waals surface area contributed by atoms with Crippen LogP contribution in [0.3, 0.4) is 0 Å². The van der Waals surface area contributed by atoms with Gasteiger partial charge in [-0.2, -0.15) is 0 Å². The van der Waals surface area contributed by atoms with Crippen LogP contribution in [0.4, 0.5) is 5.69 Å². The van der Waals surface area contributed by atoms with Crippen LogP contribution in [0, 0.1) is 6.92 Å². The van der Waals surface area contributed by atoms with Gasteiger partial charge in [0.1, 0.15) is 0 Å². The third-order valence-corrected chi connectivity index (χ3v) is 4.97. The van der Waals surface area contributed by atoms with Crippen molar-refractivity contribution in [1.82, 2.24) is 14.5 Å². The molecule has 0 aliphatic heterocycles. The van der Waals surface area contributed by atoms with Crippen molar-refractivity contribution in [2.24, 2.45) is 0 Å². The molecule has 0 bridgehead atoms. The van der Waals surface area contributed by atoms with Crippen molar-refractivity contribution >= 4 is 22.9 Å². The summed E-state index contributed by atoms with van der Waals surface area (Å²) in [7, 11) is 0. The molecule has 0 radical (unpaired) electrons. The van der Waals surface area contributed by atoms with Gasteiger partial charge in [-0.1, -0.05) is 36.4 Å². The van der Waals surface area contributed by atoms with Gasteiger partial charge in [-0.15, -0.1) is 11.3 Å². The Morgan fingerprint density at radius 3 is 2.67 bits per heavy atom. The number of benzene rings is 2. The number of hydrogen-bond donors (Lipinski definition) is 1. The maximum atomic E-state index is 12.5. The Bertz CT molecular complexity index is 1050. The van der Waals surface area contributed by atoms with Gasteiger partial charge < -0.3 is 9.88 Å². The van der Waals surface area contributed by atoms with Crippen LogP contribution in [0.2, 0.25) is 0 Å². The number of aryl methyl sites for hydroxylation is 1. The number of thiazole rings is 1. The van der Waals surface area contributed by atoms with Crippen LogP contribution in [0.25, 0.3) is 16.9 Å². The maximum Gasteiger partial charge on any atom is 0.228 e. The van der Waals surface area contributed by atoms with E-state index in [0.717, 1.165) is 33.2 Å². The largest absolute Gasteiger partial charge is 0.324 e. The summed E-state index contributed by atoms with van der Waals surface area (Å²) in [5.74, 6) is -0.0557. The molecule has 2 aromatic heterocycles. The Morgan fingerprint density at radius 1 is 1.15 bits per heavy atom. The molecule has 1 amide bonds. The zero-order valence-electron chi connectivity index (χ0n) is 14.8. The zero-order chi connectivity index (χ0) is 18.6. The van der Waals surface area contributed by atoms with E-state index in [1.165, 1.54) is 0 Å². The molecule has 0 unspecified atom stereocenters. The van der Waals surface area contributed by atoms with E-state index < -0.39 is 0 Å². The number of para-hydroxylation sites is 2. The fourth-order valence-electron chi connectivity index (χ4n) is 2.88.